The van der Waals surface area contributed by atoms with Gasteiger partial charge in [-0.15, -0.1) is 0 Å². The number of aromatic nitrogens is 1. The molecule has 0 amide bonds. The molecule has 1 N–H and O–H groups in total. The minimum atomic E-state index is -0.744. The minimum Gasteiger partial charge on any atom is -0.361 e. The van der Waals surface area contributed by atoms with Gasteiger partial charge in [0.15, 0.2) is 5.78 Å². The first-order valence-electron chi connectivity index (χ1n) is 8.32. The average Bonchev–Trinajstić information content (AvgIpc) is 3.04. The molecular weight excluding hydrogens is 332 g/mol. The second-order valence-corrected chi connectivity index (χ2v) is 7.53. The molecule has 0 unspecified atom stereocenters. The Morgan fingerprint density at radius 3 is 2.64 bits per heavy atom. The van der Waals surface area contributed by atoms with Crippen LogP contribution in [0.25, 0.3) is 27.6 Å². The Labute approximate surface area is 151 Å². The number of benzene rings is 2. The number of ketones is 1. The number of aryl methyl sites for hydroxylation is 1. The lowest BCUT2D eigenvalue weighted by molar-refractivity contribution is -0.117. The summed E-state index contributed by atoms with van der Waals surface area (Å²) in [6.45, 7) is 7.57. The van der Waals surface area contributed by atoms with Crippen LogP contribution < -0.4 is 10.6 Å². The van der Waals surface area contributed by atoms with Crippen LogP contribution >= 0.6 is 11.6 Å². The Morgan fingerprint density at radius 2 is 1.88 bits per heavy atom. The molecule has 3 aromatic rings. The SMILES string of the molecule is CC1=c2c(Cl)c(-c3cccc4cc[nH]c34)cc(C)c2=NC(C)(C)C1=O. The lowest BCUT2D eigenvalue weighted by atomic mass is 9.88. The van der Waals surface area contributed by atoms with Gasteiger partial charge >= 0.3 is 0 Å². The summed E-state index contributed by atoms with van der Waals surface area (Å²) in [6.07, 6.45) is 1.92. The molecule has 25 heavy (non-hydrogen) atoms. The normalized spacial score (nSPS) is 16.0. The summed E-state index contributed by atoms with van der Waals surface area (Å²) in [7, 11) is 0. The third kappa shape index (κ3) is 2.26. The Morgan fingerprint density at radius 1 is 1.12 bits per heavy atom. The molecular formula is C21H19ClN2O. The van der Waals surface area contributed by atoms with Crippen molar-refractivity contribution in [3.63, 3.8) is 0 Å². The van der Waals surface area contributed by atoms with Crippen molar-refractivity contribution in [2.24, 2.45) is 4.99 Å². The number of carbonyl (C=O) groups excluding carboxylic acids is 1. The van der Waals surface area contributed by atoms with Gasteiger partial charge in [0.1, 0.15) is 5.54 Å². The maximum Gasteiger partial charge on any atom is 0.186 e. The van der Waals surface area contributed by atoms with Crippen molar-refractivity contribution in [2.75, 3.05) is 0 Å². The van der Waals surface area contributed by atoms with Crippen molar-refractivity contribution in [2.45, 2.75) is 33.2 Å². The second-order valence-electron chi connectivity index (χ2n) is 7.15. The molecule has 2 heterocycles. The first-order chi connectivity index (χ1) is 11.8. The van der Waals surface area contributed by atoms with Crippen LogP contribution in [0.2, 0.25) is 5.02 Å². The first-order valence-corrected chi connectivity index (χ1v) is 8.70. The van der Waals surface area contributed by atoms with Crippen LogP contribution in [0.5, 0.6) is 0 Å². The van der Waals surface area contributed by atoms with Gasteiger partial charge in [0.2, 0.25) is 0 Å². The standard InChI is InChI=1S/C21H19ClN2O/c1-11-10-15(14-7-5-6-13-8-9-23-19(13)14)17(22)16-12(2)20(25)21(3,4)24-18(11)16/h5-10,23H,1-4H3. The summed E-state index contributed by atoms with van der Waals surface area (Å²) in [5.41, 5.74) is 3.96. The van der Waals surface area contributed by atoms with Gasteiger partial charge in [0, 0.05) is 28.1 Å². The van der Waals surface area contributed by atoms with E-state index in [1.165, 1.54) is 0 Å². The Bertz CT molecular complexity index is 1170. The summed E-state index contributed by atoms with van der Waals surface area (Å²) in [5, 5.41) is 3.32. The van der Waals surface area contributed by atoms with Gasteiger partial charge in [0.05, 0.1) is 15.9 Å². The van der Waals surface area contributed by atoms with Crippen LogP contribution in [-0.4, -0.2) is 16.3 Å². The third-order valence-corrected chi connectivity index (χ3v) is 5.36. The van der Waals surface area contributed by atoms with Crippen LogP contribution in [0.15, 0.2) is 41.5 Å². The molecule has 2 aromatic carbocycles. The summed E-state index contributed by atoms with van der Waals surface area (Å²) in [6, 6.07) is 10.2. The number of hydrogen-bond acceptors (Lipinski definition) is 2. The Balaban J connectivity index is 2.16. The molecule has 126 valence electrons. The van der Waals surface area contributed by atoms with Crippen LogP contribution in [-0.2, 0) is 4.79 Å². The van der Waals surface area contributed by atoms with Gasteiger partial charge in [0.25, 0.3) is 0 Å². The van der Waals surface area contributed by atoms with Crippen LogP contribution in [0.1, 0.15) is 26.3 Å². The number of fused-ring (bicyclic) bond motifs is 2. The molecule has 3 nitrogen and oxygen atoms in total. The zero-order chi connectivity index (χ0) is 17.9. The number of nitrogens with zero attached hydrogens (tertiary/aromatic N) is 1. The van der Waals surface area contributed by atoms with E-state index in [1.54, 1.807) is 0 Å². The van der Waals surface area contributed by atoms with E-state index in [0.29, 0.717) is 10.6 Å². The molecule has 4 rings (SSSR count). The van der Waals surface area contributed by atoms with Gasteiger partial charge in [-0.3, -0.25) is 9.79 Å². The first kappa shape index (κ1) is 16.1. The van der Waals surface area contributed by atoms with Crippen molar-refractivity contribution < 1.29 is 4.79 Å². The minimum absolute atomic E-state index is 0.0246. The number of carbonyl (C=O) groups is 1. The number of rotatable bonds is 1. The van der Waals surface area contributed by atoms with Crippen molar-refractivity contribution in [1.29, 1.82) is 0 Å². The van der Waals surface area contributed by atoms with Crippen molar-refractivity contribution >= 4 is 33.9 Å². The molecule has 1 aliphatic heterocycles. The molecule has 0 saturated heterocycles. The highest BCUT2D eigenvalue weighted by Crippen LogP contribution is 2.32. The summed E-state index contributed by atoms with van der Waals surface area (Å²) in [5.74, 6) is 0.0246. The fraction of sp³-hybridized carbons (Fsp3) is 0.238. The fourth-order valence-electron chi connectivity index (χ4n) is 3.68. The van der Waals surface area contributed by atoms with E-state index >= 15 is 0 Å². The van der Waals surface area contributed by atoms with Gasteiger partial charge in [-0.1, -0.05) is 29.8 Å². The van der Waals surface area contributed by atoms with E-state index < -0.39 is 5.54 Å². The van der Waals surface area contributed by atoms with Crippen molar-refractivity contribution in [3.05, 3.63) is 57.7 Å². The van der Waals surface area contributed by atoms with Gasteiger partial charge in [-0.2, -0.15) is 0 Å². The number of halogens is 1. The highest BCUT2D eigenvalue weighted by atomic mass is 35.5. The molecule has 0 spiro atoms. The number of Topliss-reactive ketones (excluding diaryl/α,β-unsaturated/α-hetero) is 1. The lowest BCUT2D eigenvalue weighted by Gasteiger charge is -2.24. The largest absolute Gasteiger partial charge is 0.361 e. The van der Waals surface area contributed by atoms with Crippen LogP contribution in [0.4, 0.5) is 0 Å². The van der Waals surface area contributed by atoms with E-state index in [1.807, 2.05) is 52.1 Å². The van der Waals surface area contributed by atoms with Crippen molar-refractivity contribution in [3.8, 4) is 11.1 Å². The summed E-state index contributed by atoms with van der Waals surface area (Å²) >= 11 is 6.81. The Hall–Kier alpha value is -2.39. The number of hydrogen-bond donors (Lipinski definition) is 1. The van der Waals surface area contributed by atoms with Gasteiger partial charge in [-0.25, -0.2) is 0 Å². The average molecular weight is 351 g/mol. The smallest absolute Gasteiger partial charge is 0.186 e. The fourth-order valence-corrected chi connectivity index (χ4v) is 4.07. The highest BCUT2D eigenvalue weighted by molar-refractivity contribution is 6.35. The zero-order valence-corrected chi connectivity index (χ0v) is 15.5. The van der Waals surface area contributed by atoms with E-state index in [4.69, 9.17) is 16.6 Å². The third-order valence-electron chi connectivity index (χ3n) is 4.97. The number of H-pyrrole nitrogens is 1. The predicted molar refractivity (Wildman–Crippen MR) is 102 cm³/mol. The molecule has 4 heteroatoms. The van der Waals surface area contributed by atoms with Crippen LogP contribution in [0, 0.1) is 6.92 Å². The molecule has 1 aliphatic rings. The highest BCUT2D eigenvalue weighted by Gasteiger charge is 2.32. The molecule has 0 radical (unpaired) electrons. The maximum atomic E-state index is 12.7. The Kier molecular flexibility index (Phi) is 3.41. The van der Waals surface area contributed by atoms with E-state index in [2.05, 4.69) is 17.1 Å². The number of para-hydroxylation sites is 1. The molecule has 0 bridgehead atoms. The van der Waals surface area contributed by atoms with Gasteiger partial charge in [-0.05, 0) is 50.8 Å². The number of nitrogens with one attached hydrogen (secondary N) is 1. The molecule has 0 atom stereocenters. The lowest BCUT2D eigenvalue weighted by Crippen LogP contribution is -2.46. The van der Waals surface area contributed by atoms with E-state index in [-0.39, 0.29) is 5.78 Å². The molecule has 0 aliphatic carbocycles. The quantitative estimate of drug-likeness (QED) is 0.709. The van der Waals surface area contributed by atoms with Gasteiger partial charge < -0.3 is 4.98 Å². The summed E-state index contributed by atoms with van der Waals surface area (Å²) < 4.78 is 0. The maximum absolute atomic E-state index is 12.7. The predicted octanol–water partition coefficient (Wildman–Crippen LogP) is 3.95. The summed E-state index contributed by atoms with van der Waals surface area (Å²) in [4.78, 5) is 20.7. The van der Waals surface area contributed by atoms with E-state index in [0.717, 1.165) is 38.2 Å². The molecule has 1 aromatic heterocycles. The van der Waals surface area contributed by atoms with Crippen LogP contribution in [0.3, 0.4) is 0 Å². The number of aromatic amines is 1. The zero-order valence-electron chi connectivity index (χ0n) is 14.7. The second kappa shape index (κ2) is 5.30. The molecule has 0 fully saturated rings. The van der Waals surface area contributed by atoms with Crippen molar-refractivity contribution in [1.82, 2.24) is 4.98 Å². The van der Waals surface area contributed by atoms with E-state index in [9.17, 15) is 4.79 Å². The monoisotopic (exact) mass is 350 g/mol. The topological polar surface area (TPSA) is 45.2 Å². The molecule has 0 saturated carbocycles.